The van der Waals surface area contributed by atoms with E-state index in [0.29, 0.717) is 15.9 Å². The molecule has 1 atom stereocenters. The van der Waals surface area contributed by atoms with Gasteiger partial charge in [0, 0.05) is 0 Å². The predicted octanol–water partition coefficient (Wildman–Crippen LogP) is 3.46. The van der Waals surface area contributed by atoms with Crippen LogP contribution in [0.4, 0.5) is 0 Å². The molecule has 3 aromatic rings. The van der Waals surface area contributed by atoms with Crippen LogP contribution in [0, 0.1) is 0 Å². The van der Waals surface area contributed by atoms with Crippen LogP contribution in [0.2, 0.25) is 5.02 Å². The summed E-state index contributed by atoms with van der Waals surface area (Å²) in [6.07, 6.45) is 2.06. The minimum absolute atomic E-state index is 0.0892. The van der Waals surface area contributed by atoms with Gasteiger partial charge in [0.1, 0.15) is 5.82 Å². The second-order valence-corrected chi connectivity index (χ2v) is 6.14. The van der Waals surface area contributed by atoms with Crippen LogP contribution >= 0.6 is 11.6 Å². The molecule has 4 nitrogen and oxygen atoms in total. The first-order valence-electron chi connectivity index (χ1n) is 7.75. The minimum Gasteiger partial charge on any atom is -0.307 e. The van der Waals surface area contributed by atoms with Crippen molar-refractivity contribution in [3.63, 3.8) is 0 Å². The number of benzene rings is 2. The molecule has 0 radical (unpaired) electrons. The van der Waals surface area contributed by atoms with Gasteiger partial charge in [0.2, 0.25) is 0 Å². The van der Waals surface area contributed by atoms with Crippen LogP contribution in [0.15, 0.2) is 53.3 Å². The summed E-state index contributed by atoms with van der Waals surface area (Å²) < 4.78 is 1.69. The van der Waals surface area contributed by atoms with Crippen LogP contribution in [-0.2, 0) is 0 Å². The summed E-state index contributed by atoms with van der Waals surface area (Å²) in [7, 11) is 0. The maximum atomic E-state index is 13.1. The first-order valence-corrected chi connectivity index (χ1v) is 8.13. The van der Waals surface area contributed by atoms with Gasteiger partial charge in [-0.15, -0.1) is 0 Å². The Labute approximate surface area is 138 Å². The normalized spacial score (nSPS) is 17.7. The maximum Gasteiger partial charge on any atom is 0.267 e. The van der Waals surface area contributed by atoms with Gasteiger partial charge >= 0.3 is 0 Å². The smallest absolute Gasteiger partial charge is 0.267 e. The van der Waals surface area contributed by atoms with Crippen LogP contribution in [-0.4, -0.2) is 16.1 Å². The van der Waals surface area contributed by atoms with Gasteiger partial charge in [0.15, 0.2) is 0 Å². The third-order valence-electron chi connectivity index (χ3n) is 4.26. The standard InChI is InChI=1S/C18H16ClN3O/c19-13-8-4-9-14-16(13)18(23)22(12-6-2-1-3-7-12)17(21-14)15-10-5-11-20-15/h1-4,6-9,15,20H,5,10-11H2/t15-/m0/s1. The van der Waals surface area contributed by atoms with Crippen molar-refractivity contribution in [1.82, 2.24) is 14.9 Å². The van der Waals surface area contributed by atoms with E-state index in [9.17, 15) is 4.79 Å². The molecular weight excluding hydrogens is 310 g/mol. The van der Waals surface area contributed by atoms with E-state index in [1.54, 1.807) is 10.6 Å². The van der Waals surface area contributed by atoms with Crippen LogP contribution in [0.3, 0.4) is 0 Å². The molecule has 5 heteroatoms. The lowest BCUT2D eigenvalue weighted by Crippen LogP contribution is -2.28. The van der Waals surface area contributed by atoms with Crippen molar-refractivity contribution in [1.29, 1.82) is 0 Å². The Balaban J connectivity index is 2.08. The van der Waals surface area contributed by atoms with Crippen molar-refractivity contribution in [3.05, 3.63) is 69.7 Å². The average molecular weight is 326 g/mol. The summed E-state index contributed by atoms with van der Waals surface area (Å²) in [5.74, 6) is 0.758. The first-order chi connectivity index (χ1) is 11.3. The number of hydrogen-bond donors (Lipinski definition) is 1. The molecule has 0 unspecified atom stereocenters. The third-order valence-corrected chi connectivity index (χ3v) is 4.57. The number of halogens is 1. The number of fused-ring (bicyclic) bond motifs is 1. The fraction of sp³-hybridized carbons (Fsp3) is 0.222. The molecule has 0 aliphatic carbocycles. The molecule has 0 amide bonds. The minimum atomic E-state index is -0.115. The fourth-order valence-corrected chi connectivity index (χ4v) is 3.42. The number of hydrogen-bond acceptors (Lipinski definition) is 3. The molecule has 116 valence electrons. The second-order valence-electron chi connectivity index (χ2n) is 5.73. The highest BCUT2D eigenvalue weighted by atomic mass is 35.5. The van der Waals surface area contributed by atoms with E-state index in [4.69, 9.17) is 16.6 Å². The Morgan fingerprint density at radius 1 is 1.13 bits per heavy atom. The number of nitrogens with zero attached hydrogens (tertiary/aromatic N) is 2. The lowest BCUT2D eigenvalue weighted by molar-refractivity contribution is 0.584. The molecule has 0 spiro atoms. The van der Waals surface area contributed by atoms with E-state index >= 15 is 0 Å². The Morgan fingerprint density at radius 3 is 2.70 bits per heavy atom. The van der Waals surface area contributed by atoms with Gasteiger partial charge in [-0.2, -0.15) is 0 Å². The van der Waals surface area contributed by atoms with Crippen molar-refractivity contribution in [2.75, 3.05) is 6.54 Å². The Hall–Kier alpha value is -2.17. The lowest BCUT2D eigenvalue weighted by Gasteiger charge is -2.18. The first kappa shape index (κ1) is 14.4. The SMILES string of the molecule is O=c1c2c(Cl)cccc2nc([C@@H]2CCCN2)n1-c1ccccc1. The van der Waals surface area contributed by atoms with Gasteiger partial charge in [-0.1, -0.05) is 35.9 Å². The number of para-hydroxylation sites is 1. The van der Waals surface area contributed by atoms with Crippen LogP contribution in [0.1, 0.15) is 24.7 Å². The van der Waals surface area contributed by atoms with E-state index in [-0.39, 0.29) is 11.6 Å². The summed E-state index contributed by atoms with van der Waals surface area (Å²) in [5.41, 5.74) is 1.35. The average Bonchev–Trinajstić information content (AvgIpc) is 3.09. The Kier molecular flexibility index (Phi) is 3.63. The molecule has 1 N–H and O–H groups in total. The Bertz CT molecular complexity index is 915. The highest BCUT2D eigenvalue weighted by molar-refractivity contribution is 6.35. The van der Waals surface area contributed by atoms with E-state index in [0.717, 1.165) is 30.9 Å². The molecule has 1 aliphatic rings. The summed E-state index contributed by atoms with van der Waals surface area (Å²) in [4.78, 5) is 17.9. The summed E-state index contributed by atoms with van der Waals surface area (Å²) in [6, 6.07) is 15.1. The van der Waals surface area contributed by atoms with Gasteiger partial charge in [0.25, 0.3) is 5.56 Å². The molecule has 4 rings (SSSR count). The molecule has 0 saturated carbocycles. The molecule has 1 aromatic heterocycles. The van der Waals surface area contributed by atoms with Crippen LogP contribution in [0.5, 0.6) is 0 Å². The topological polar surface area (TPSA) is 46.9 Å². The van der Waals surface area contributed by atoms with Crippen molar-refractivity contribution in [3.8, 4) is 5.69 Å². The zero-order valence-corrected chi connectivity index (χ0v) is 13.3. The maximum absolute atomic E-state index is 13.1. The lowest BCUT2D eigenvalue weighted by atomic mass is 10.1. The van der Waals surface area contributed by atoms with Gasteiger partial charge in [-0.3, -0.25) is 9.36 Å². The van der Waals surface area contributed by atoms with E-state index in [1.807, 2.05) is 42.5 Å². The quantitative estimate of drug-likeness (QED) is 0.785. The Morgan fingerprint density at radius 2 is 1.96 bits per heavy atom. The van der Waals surface area contributed by atoms with Crippen molar-refractivity contribution in [2.45, 2.75) is 18.9 Å². The highest BCUT2D eigenvalue weighted by Crippen LogP contribution is 2.26. The van der Waals surface area contributed by atoms with Crippen LogP contribution < -0.4 is 10.9 Å². The largest absolute Gasteiger partial charge is 0.307 e. The summed E-state index contributed by atoms with van der Waals surface area (Å²) >= 11 is 6.26. The van der Waals surface area contributed by atoms with Gasteiger partial charge in [-0.25, -0.2) is 4.98 Å². The van der Waals surface area contributed by atoms with Crippen LogP contribution in [0.25, 0.3) is 16.6 Å². The third kappa shape index (κ3) is 2.44. The molecular formula is C18H16ClN3O. The van der Waals surface area contributed by atoms with Crippen molar-refractivity contribution in [2.24, 2.45) is 0 Å². The summed E-state index contributed by atoms with van der Waals surface area (Å²) in [5, 5.41) is 4.35. The van der Waals surface area contributed by atoms with Gasteiger partial charge in [0.05, 0.1) is 27.7 Å². The van der Waals surface area contributed by atoms with Gasteiger partial charge < -0.3 is 5.32 Å². The van der Waals surface area contributed by atoms with Crippen molar-refractivity contribution < 1.29 is 0 Å². The van der Waals surface area contributed by atoms with E-state index in [2.05, 4.69) is 5.32 Å². The zero-order chi connectivity index (χ0) is 15.8. The number of nitrogens with one attached hydrogen (secondary N) is 1. The van der Waals surface area contributed by atoms with E-state index in [1.165, 1.54) is 0 Å². The summed E-state index contributed by atoms with van der Waals surface area (Å²) in [6.45, 7) is 0.947. The highest BCUT2D eigenvalue weighted by Gasteiger charge is 2.24. The molecule has 23 heavy (non-hydrogen) atoms. The van der Waals surface area contributed by atoms with E-state index < -0.39 is 0 Å². The number of rotatable bonds is 2. The van der Waals surface area contributed by atoms with Gasteiger partial charge in [-0.05, 0) is 43.7 Å². The monoisotopic (exact) mass is 325 g/mol. The fourth-order valence-electron chi connectivity index (χ4n) is 3.17. The number of aromatic nitrogens is 2. The zero-order valence-electron chi connectivity index (χ0n) is 12.5. The second kappa shape index (κ2) is 5.80. The molecule has 1 saturated heterocycles. The molecule has 0 bridgehead atoms. The predicted molar refractivity (Wildman–Crippen MR) is 92.3 cm³/mol. The molecule has 1 fully saturated rings. The molecule has 2 aromatic carbocycles. The molecule has 1 aliphatic heterocycles. The molecule has 2 heterocycles. The van der Waals surface area contributed by atoms with Crippen molar-refractivity contribution >= 4 is 22.5 Å².